The Kier molecular flexibility index (Phi) is 8.40. The average molecular weight is 466 g/mol. The Morgan fingerprint density at radius 2 is 1.87 bits per heavy atom. The van der Waals surface area contributed by atoms with Gasteiger partial charge in [0.2, 0.25) is 11.8 Å². The van der Waals surface area contributed by atoms with Crippen LogP contribution < -0.4 is 20.1 Å². The maximum Gasteiger partial charge on any atom is 0.330 e. The van der Waals surface area contributed by atoms with Gasteiger partial charge in [-0.2, -0.15) is 0 Å². The van der Waals surface area contributed by atoms with Crippen LogP contribution >= 0.6 is 12.2 Å². The number of nitrogens with one attached hydrogen (secondary N) is 3. The SMILES string of the molecule is CCOC(=O)/C=C/C(=O)NC(=S)Nc1ccc(S(=O)(=O)Nc2cc(OC)ncn2)cc1. The summed E-state index contributed by atoms with van der Waals surface area (Å²) in [5.74, 6) is -1.02. The molecule has 2 aromatic rings. The van der Waals surface area contributed by atoms with Crippen molar-refractivity contribution >= 4 is 50.7 Å². The number of hydrogen-bond donors (Lipinski definition) is 3. The number of hydrogen-bond acceptors (Lipinski definition) is 9. The van der Waals surface area contributed by atoms with Crippen molar-refractivity contribution in [3.63, 3.8) is 0 Å². The number of thiocarbonyl (C=S) groups is 1. The van der Waals surface area contributed by atoms with Crippen LogP contribution in [0, 0.1) is 0 Å². The van der Waals surface area contributed by atoms with Crippen molar-refractivity contribution in [2.75, 3.05) is 23.8 Å². The lowest BCUT2D eigenvalue weighted by atomic mass is 10.3. The first-order valence-corrected chi connectivity index (χ1v) is 10.6. The zero-order valence-electron chi connectivity index (χ0n) is 16.5. The van der Waals surface area contributed by atoms with E-state index in [1.165, 1.54) is 43.8 Å². The van der Waals surface area contributed by atoms with E-state index < -0.39 is 21.9 Å². The van der Waals surface area contributed by atoms with E-state index >= 15 is 0 Å². The van der Waals surface area contributed by atoms with E-state index in [-0.39, 0.29) is 28.3 Å². The molecule has 1 aromatic heterocycles. The van der Waals surface area contributed by atoms with Gasteiger partial charge < -0.3 is 14.8 Å². The van der Waals surface area contributed by atoms with Crippen LogP contribution in [0.1, 0.15) is 6.92 Å². The number of benzene rings is 1. The van der Waals surface area contributed by atoms with Gasteiger partial charge in [0.15, 0.2) is 5.11 Å². The zero-order valence-corrected chi connectivity index (χ0v) is 18.1. The minimum Gasteiger partial charge on any atom is -0.481 e. The van der Waals surface area contributed by atoms with Crippen molar-refractivity contribution in [3.8, 4) is 5.88 Å². The molecule has 31 heavy (non-hydrogen) atoms. The number of carbonyl (C=O) groups is 2. The first kappa shape index (κ1) is 23.7. The fourth-order valence-electron chi connectivity index (χ4n) is 2.07. The van der Waals surface area contributed by atoms with E-state index in [9.17, 15) is 18.0 Å². The summed E-state index contributed by atoms with van der Waals surface area (Å²) in [7, 11) is -2.50. The number of esters is 1. The number of anilines is 2. The van der Waals surface area contributed by atoms with Gasteiger partial charge in [0, 0.05) is 23.9 Å². The van der Waals surface area contributed by atoms with Crippen LogP contribution in [0.3, 0.4) is 0 Å². The van der Waals surface area contributed by atoms with Gasteiger partial charge in [-0.15, -0.1) is 0 Å². The predicted octanol–water partition coefficient (Wildman–Crippen LogP) is 1.22. The van der Waals surface area contributed by atoms with Crippen molar-refractivity contribution in [3.05, 3.63) is 48.8 Å². The Bertz CT molecular complexity index is 1090. The van der Waals surface area contributed by atoms with Crippen LogP contribution in [0.15, 0.2) is 53.7 Å². The first-order chi connectivity index (χ1) is 14.7. The fourth-order valence-corrected chi connectivity index (χ4v) is 3.29. The fraction of sp³-hybridized carbons (Fsp3) is 0.167. The molecule has 0 saturated carbocycles. The van der Waals surface area contributed by atoms with E-state index in [1.807, 2.05) is 0 Å². The van der Waals surface area contributed by atoms with Gasteiger partial charge in [0.1, 0.15) is 12.1 Å². The molecule has 0 spiro atoms. The molecule has 3 N–H and O–H groups in total. The standard InChI is InChI=1S/C18H19N5O6S2/c1-3-29-17(25)9-8-15(24)22-18(30)21-12-4-6-13(7-5-12)31(26,27)23-14-10-16(28-2)20-11-19-14/h4-11H,3H2,1-2H3,(H,19,20,23)(H2,21,22,24,30)/b9-8+. The van der Waals surface area contributed by atoms with E-state index in [4.69, 9.17) is 17.0 Å². The monoisotopic (exact) mass is 465 g/mol. The van der Waals surface area contributed by atoms with Gasteiger partial charge in [-0.1, -0.05) is 0 Å². The molecule has 0 aliphatic rings. The second-order valence-electron chi connectivity index (χ2n) is 5.60. The molecule has 164 valence electrons. The quantitative estimate of drug-likeness (QED) is 0.295. The topological polar surface area (TPSA) is 149 Å². The van der Waals surface area contributed by atoms with Crippen LogP contribution in [-0.2, 0) is 24.3 Å². The summed E-state index contributed by atoms with van der Waals surface area (Å²) in [6.45, 7) is 1.84. The number of nitrogens with zero attached hydrogens (tertiary/aromatic N) is 2. The molecule has 0 unspecified atom stereocenters. The predicted molar refractivity (Wildman–Crippen MR) is 116 cm³/mol. The molecule has 0 aliphatic carbocycles. The van der Waals surface area contributed by atoms with Gasteiger partial charge in [-0.3, -0.25) is 14.8 Å². The number of carbonyl (C=O) groups excluding carboxylic acids is 2. The Balaban J connectivity index is 1.97. The summed E-state index contributed by atoms with van der Waals surface area (Å²) in [5, 5.41) is 5.03. The molecule has 0 atom stereocenters. The third kappa shape index (κ3) is 7.64. The van der Waals surface area contributed by atoms with Crippen molar-refractivity contribution in [2.24, 2.45) is 0 Å². The number of methoxy groups -OCH3 is 1. The highest BCUT2D eigenvalue weighted by Gasteiger charge is 2.15. The highest BCUT2D eigenvalue weighted by Crippen LogP contribution is 2.18. The van der Waals surface area contributed by atoms with Crippen molar-refractivity contribution < 1.29 is 27.5 Å². The van der Waals surface area contributed by atoms with E-state index in [1.54, 1.807) is 6.92 Å². The highest BCUT2D eigenvalue weighted by atomic mass is 32.2. The summed E-state index contributed by atoms with van der Waals surface area (Å²) in [5.41, 5.74) is 0.433. The molecule has 0 radical (unpaired) electrons. The van der Waals surface area contributed by atoms with Crippen LogP contribution in [0.5, 0.6) is 5.88 Å². The molecule has 0 fully saturated rings. The highest BCUT2D eigenvalue weighted by molar-refractivity contribution is 7.92. The first-order valence-electron chi connectivity index (χ1n) is 8.69. The molecule has 13 heteroatoms. The Labute approximate surface area is 183 Å². The normalized spacial score (nSPS) is 10.9. The summed E-state index contributed by atoms with van der Waals surface area (Å²) >= 11 is 5.01. The van der Waals surface area contributed by atoms with E-state index in [0.717, 1.165) is 12.2 Å². The van der Waals surface area contributed by atoms with Gasteiger partial charge in [0.05, 0.1) is 18.6 Å². The molecular weight excluding hydrogens is 446 g/mol. The number of sulfonamides is 1. The number of amides is 1. The number of aromatic nitrogens is 2. The van der Waals surface area contributed by atoms with Crippen molar-refractivity contribution in [1.29, 1.82) is 0 Å². The van der Waals surface area contributed by atoms with E-state index in [2.05, 4.69) is 30.1 Å². The average Bonchev–Trinajstić information content (AvgIpc) is 2.72. The third-order valence-corrected chi connectivity index (χ3v) is 4.98. The minimum atomic E-state index is -3.90. The summed E-state index contributed by atoms with van der Waals surface area (Å²) in [4.78, 5) is 30.5. The molecule has 2 rings (SSSR count). The van der Waals surface area contributed by atoms with Crippen LogP contribution in [0.2, 0.25) is 0 Å². The lowest BCUT2D eigenvalue weighted by Crippen LogP contribution is -2.33. The van der Waals surface area contributed by atoms with Crippen LogP contribution in [-0.4, -0.2) is 49.1 Å². The molecule has 11 nitrogen and oxygen atoms in total. The molecule has 1 amide bonds. The lowest BCUT2D eigenvalue weighted by Gasteiger charge is -2.10. The molecule has 0 saturated heterocycles. The maximum absolute atomic E-state index is 12.5. The number of ether oxygens (including phenoxy) is 2. The van der Waals surface area contributed by atoms with Gasteiger partial charge in [0.25, 0.3) is 10.0 Å². The molecular formula is C18H19N5O6S2. The van der Waals surface area contributed by atoms with Gasteiger partial charge in [-0.25, -0.2) is 23.2 Å². The lowest BCUT2D eigenvalue weighted by molar-refractivity contribution is -0.137. The second-order valence-corrected chi connectivity index (χ2v) is 7.69. The van der Waals surface area contributed by atoms with Crippen molar-refractivity contribution in [1.82, 2.24) is 15.3 Å². The minimum absolute atomic E-state index is 0.0250. The molecule has 0 aliphatic heterocycles. The summed E-state index contributed by atoms with van der Waals surface area (Å²) in [6.07, 6.45) is 3.12. The van der Waals surface area contributed by atoms with Gasteiger partial charge in [-0.05, 0) is 43.4 Å². The van der Waals surface area contributed by atoms with Gasteiger partial charge >= 0.3 is 5.97 Å². The van der Waals surface area contributed by atoms with Crippen LogP contribution in [0.25, 0.3) is 0 Å². The van der Waals surface area contributed by atoms with Crippen LogP contribution in [0.4, 0.5) is 11.5 Å². The Morgan fingerprint density at radius 3 is 2.52 bits per heavy atom. The number of rotatable bonds is 8. The summed E-state index contributed by atoms with van der Waals surface area (Å²) < 4.78 is 36.9. The molecule has 1 aromatic carbocycles. The smallest absolute Gasteiger partial charge is 0.330 e. The Morgan fingerprint density at radius 1 is 1.16 bits per heavy atom. The molecule has 0 bridgehead atoms. The zero-order chi connectivity index (χ0) is 22.9. The Hall–Kier alpha value is -3.58. The third-order valence-electron chi connectivity index (χ3n) is 3.41. The summed E-state index contributed by atoms with van der Waals surface area (Å²) in [6, 6.07) is 6.94. The van der Waals surface area contributed by atoms with E-state index in [0.29, 0.717) is 5.69 Å². The second kappa shape index (κ2) is 11.0. The maximum atomic E-state index is 12.5. The van der Waals surface area contributed by atoms with Crippen molar-refractivity contribution in [2.45, 2.75) is 11.8 Å². The largest absolute Gasteiger partial charge is 0.481 e. The molecule has 1 heterocycles.